The summed E-state index contributed by atoms with van der Waals surface area (Å²) < 4.78 is 24.5. The Bertz CT molecular complexity index is 802. The van der Waals surface area contributed by atoms with Crippen LogP contribution in [0.3, 0.4) is 0 Å². The predicted molar refractivity (Wildman–Crippen MR) is 108 cm³/mol. The third-order valence-electron chi connectivity index (χ3n) is 3.63. The second-order valence-electron chi connectivity index (χ2n) is 5.78. The van der Waals surface area contributed by atoms with E-state index in [0.717, 1.165) is 30.2 Å². The standard InChI is InChI=1S/C18H26N4O2S2/c1-3-19-18(21-12-10-16-14-25-15(2)22-16)20-11-7-13-26(23,24)17-8-5-4-6-9-17/h4-6,8-9,14H,3,7,10-13H2,1-2H3,(H2,19,20,21). The van der Waals surface area contributed by atoms with E-state index in [9.17, 15) is 8.42 Å². The van der Waals surface area contributed by atoms with E-state index in [1.54, 1.807) is 35.6 Å². The number of guanidine groups is 1. The Morgan fingerprint density at radius 2 is 2.00 bits per heavy atom. The fourth-order valence-electron chi connectivity index (χ4n) is 2.36. The number of sulfone groups is 1. The van der Waals surface area contributed by atoms with Gasteiger partial charge in [0.15, 0.2) is 15.8 Å². The molecule has 6 nitrogen and oxygen atoms in total. The number of benzene rings is 1. The van der Waals surface area contributed by atoms with Crippen molar-refractivity contribution >= 4 is 27.1 Å². The van der Waals surface area contributed by atoms with E-state index in [1.807, 2.05) is 19.9 Å². The Balaban J connectivity index is 1.79. The highest BCUT2D eigenvalue weighted by Crippen LogP contribution is 2.11. The smallest absolute Gasteiger partial charge is 0.191 e. The van der Waals surface area contributed by atoms with Crippen molar-refractivity contribution in [3.05, 3.63) is 46.4 Å². The molecule has 0 amide bonds. The first kappa shape index (κ1) is 20.4. The number of hydrogen-bond acceptors (Lipinski definition) is 5. The summed E-state index contributed by atoms with van der Waals surface area (Å²) in [4.78, 5) is 9.26. The van der Waals surface area contributed by atoms with Gasteiger partial charge in [-0.1, -0.05) is 18.2 Å². The number of aromatic nitrogens is 1. The molecule has 0 atom stereocenters. The Kier molecular flexibility index (Phi) is 8.06. The molecule has 0 aliphatic carbocycles. The van der Waals surface area contributed by atoms with Crippen LogP contribution in [0.4, 0.5) is 0 Å². The minimum Gasteiger partial charge on any atom is -0.357 e. The molecule has 0 spiro atoms. The molecular weight excluding hydrogens is 368 g/mol. The molecule has 1 heterocycles. The van der Waals surface area contributed by atoms with E-state index in [1.165, 1.54) is 0 Å². The number of nitrogens with one attached hydrogen (secondary N) is 2. The lowest BCUT2D eigenvalue weighted by Crippen LogP contribution is -2.38. The minimum atomic E-state index is -3.24. The van der Waals surface area contributed by atoms with Crippen LogP contribution in [0.2, 0.25) is 0 Å². The maximum atomic E-state index is 12.2. The molecule has 2 N–H and O–H groups in total. The number of aryl methyl sites for hydroxylation is 1. The molecule has 0 aliphatic rings. The van der Waals surface area contributed by atoms with Crippen molar-refractivity contribution in [1.29, 1.82) is 0 Å². The molecule has 2 rings (SSSR count). The molecule has 0 fully saturated rings. The normalized spacial score (nSPS) is 12.2. The van der Waals surface area contributed by atoms with Crippen LogP contribution in [0.5, 0.6) is 0 Å². The zero-order chi connectivity index (χ0) is 18.8. The SMILES string of the molecule is CCNC(=NCCCS(=O)(=O)c1ccccc1)NCCc1csc(C)n1. The van der Waals surface area contributed by atoms with Crippen LogP contribution in [-0.2, 0) is 16.3 Å². The third-order valence-corrected chi connectivity index (χ3v) is 6.27. The Morgan fingerprint density at radius 1 is 1.23 bits per heavy atom. The first-order valence-corrected chi connectivity index (χ1v) is 11.3. The van der Waals surface area contributed by atoms with Crippen LogP contribution in [0, 0.1) is 6.92 Å². The number of aliphatic imine (C=N–C) groups is 1. The molecule has 26 heavy (non-hydrogen) atoms. The zero-order valence-electron chi connectivity index (χ0n) is 15.2. The highest BCUT2D eigenvalue weighted by Gasteiger charge is 2.12. The van der Waals surface area contributed by atoms with Crippen molar-refractivity contribution in [2.75, 3.05) is 25.4 Å². The quantitative estimate of drug-likeness (QED) is 0.388. The van der Waals surface area contributed by atoms with Gasteiger partial charge in [-0.25, -0.2) is 13.4 Å². The maximum Gasteiger partial charge on any atom is 0.191 e. The number of nitrogens with zero attached hydrogens (tertiary/aromatic N) is 2. The fourth-order valence-corrected chi connectivity index (χ4v) is 4.33. The van der Waals surface area contributed by atoms with E-state index in [-0.39, 0.29) is 5.75 Å². The monoisotopic (exact) mass is 394 g/mol. The Hall–Kier alpha value is -1.93. The van der Waals surface area contributed by atoms with Crippen molar-refractivity contribution < 1.29 is 8.42 Å². The second kappa shape index (κ2) is 10.3. The van der Waals surface area contributed by atoms with E-state index < -0.39 is 9.84 Å². The fraction of sp³-hybridized carbons (Fsp3) is 0.444. The van der Waals surface area contributed by atoms with Crippen LogP contribution >= 0.6 is 11.3 Å². The predicted octanol–water partition coefficient (Wildman–Crippen LogP) is 2.41. The second-order valence-corrected chi connectivity index (χ2v) is 8.95. The van der Waals surface area contributed by atoms with Gasteiger partial charge in [0.05, 0.1) is 21.3 Å². The van der Waals surface area contributed by atoms with Crippen molar-refractivity contribution in [3.63, 3.8) is 0 Å². The minimum absolute atomic E-state index is 0.0953. The summed E-state index contributed by atoms with van der Waals surface area (Å²) in [6.45, 7) is 5.94. The van der Waals surface area contributed by atoms with Crippen molar-refractivity contribution in [1.82, 2.24) is 15.6 Å². The first-order valence-electron chi connectivity index (χ1n) is 8.72. The molecule has 8 heteroatoms. The van der Waals surface area contributed by atoms with Crippen molar-refractivity contribution in [2.24, 2.45) is 4.99 Å². The lowest BCUT2D eigenvalue weighted by Gasteiger charge is -2.10. The van der Waals surface area contributed by atoms with Gasteiger partial charge in [0.2, 0.25) is 0 Å². The van der Waals surface area contributed by atoms with Gasteiger partial charge in [-0.05, 0) is 32.4 Å². The summed E-state index contributed by atoms with van der Waals surface area (Å²) in [5.74, 6) is 0.800. The van der Waals surface area contributed by atoms with Gasteiger partial charge < -0.3 is 10.6 Å². The molecule has 0 radical (unpaired) electrons. The molecule has 0 saturated heterocycles. The van der Waals surface area contributed by atoms with Crippen molar-refractivity contribution in [3.8, 4) is 0 Å². The lowest BCUT2D eigenvalue weighted by atomic mass is 10.3. The molecule has 142 valence electrons. The molecule has 0 saturated carbocycles. The highest BCUT2D eigenvalue weighted by atomic mass is 32.2. The van der Waals surface area contributed by atoms with E-state index in [0.29, 0.717) is 23.8 Å². The summed E-state index contributed by atoms with van der Waals surface area (Å²) >= 11 is 1.65. The first-order chi connectivity index (χ1) is 12.5. The van der Waals surface area contributed by atoms with E-state index in [2.05, 4.69) is 26.0 Å². The van der Waals surface area contributed by atoms with E-state index >= 15 is 0 Å². The lowest BCUT2D eigenvalue weighted by molar-refractivity contribution is 0.593. The van der Waals surface area contributed by atoms with Gasteiger partial charge in [-0.3, -0.25) is 4.99 Å². The van der Waals surface area contributed by atoms with Crippen LogP contribution in [0.1, 0.15) is 24.0 Å². The average molecular weight is 395 g/mol. The summed E-state index contributed by atoms with van der Waals surface area (Å²) in [5, 5.41) is 9.57. The van der Waals surface area contributed by atoms with Crippen LogP contribution in [-0.4, -0.2) is 44.7 Å². The molecule has 0 unspecified atom stereocenters. The van der Waals surface area contributed by atoms with Crippen LogP contribution < -0.4 is 10.6 Å². The Morgan fingerprint density at radius 3 is 2.65 bits per heavy atom. The maximum absolute atomic E-state index is 12.2. The summed E-state index contributed by atoms with van der Waals surface area (Å²) in [6.07, 6.45) is 1.32. The van der Waals surface area contributed by atoms with Crippen molar-refractivity contribution in [2.45, 2.75) is 31.6 Å². The Labute approximate surface area is 159 Å². The van der Waals surface area contributed by atoms with Gasteiger partial charge in [0.1, 0.15) is 0 Å². The summed E-state index contributed by atoms with van der Waals surface area (Å²) in [5.41, 5.74) is 1.07. The molecule has 0 aliphatic heterocycles. The molecule has 1 aromatic carbocycles. The number of hydrogen-bond donors (Lipinski definition) is 2. The van der Waals surface area contributed by atoms with Gasteiger partial charge in [-0.15, -0.1) is 11.3 Å². The molecule has 2 aromatic rings. The van der Waals surface area contributed by atoms with Gasteiger partial charge in [0, 0.05) is 31.4 Å². The molecule has 1 aromatic heterocycles. The highest BCUT2D eigenvalue weighted by molar-refractivity contribution is 7.91. The largest absolute Gasteiger partial charge is 0.357 e. The third kappa shape index (κ3) is 6.76. The van der Waals surface area contributed by atoms with Crippen LogP contribution in [0.15, 0.2) is 45.6 Å². The molecular formula is C18H26N4O2S2. The van der Waals surface area contributed by atoms with Gasteiger partial charge in [-0.2, -0.15) is 0 Å². The zero-order valence-corrected chi connectivity index (χ0v) is 16.9. The number of thiazole rings is 1. The average Bonchev–Trinajstić information content (AvgIpc) is 3.04. The summed E-state index contributed by atoms with van der Waals surface area (Å²) in [7, 11) is -3.24. The van der Waals surface area contributed by atoms with Gasteiger partial charge >= 0.3 is 0 Å². The van der Waals surface area contributed by atoms with E-state index in [4.69, 9.17) is 0 Å². The van der Waals surface area contributed by atoms with Gasteiger partial charge in [0.25, 0.3) is 0 Å². The van der Waals surface area contributed by atoms with Crippen LogP contribution in [0.25, 0.3) is 0 Å². The topological polar surface area (TPSA) is 83.5 Å². The molecule has 0 bridgehead atoms. The summed E-state index contributed by atoms with van der Waals surface area (Å²) in [6, 6.07) is 8.55. The number of rotatable bonds is 9.